The van der Waals surface area contributed by atoms with Crippen LogP contribution in [0.1, 0.15) is 78.6 Å². The predicted molar refractivity (Wildman–Crippen MR) is 170 cm³/mol. The van der Waals surface area contributed by atoms with Gasteiger partial charge in [-0.15, -0.1) is 0 Å². The van der Waals surface area contributed by atoms with Gasteiger partial charge in [-0.2, -0.15) is 0 Å². The zero-order valence-electron chi connectivity index (χ0n) is 27.1. The fourth-order valence-electron chi connectivity index (χ4n) is 5.59. The van der Waals surface area contributed by atoms with Gasteiger partial charge in [0.25, 0.3) is 5.56 Å². The summed E-state index contributed by atoms with van der Waals surface area (Å²) in [5.41, 5.74) is 5.34. The number of carbonyl (C=O) groups excluding carboxylic acids is 2. The molecule has 3 rings (SSSR count). The number of rotatable bonds is 13. The molecule has 0 aliphatic carbocycles. The fraction of sp³-hybridized carbons (Fsp3) is 0.457. The van der Waals surface area contributed by atoms with Crippen LogP contribution in [0.3, 0.4) is 0 Å². The number of benzene rings is 2. The highest BCUT2D eigenvalue weighted by Gasteiger charge is 2.29. The van der Waals surface area contributed by atoms with Crippen molar-refractivity contribution in [2.45, 2.75) is 79.3 Å². The second kappa shape index (κ2) is 15.2. The average molecular weight is 610 g/mol. The molecule has 0 spiro atoms. The van der Waals surface area contributed by atoms with Crippen molar-refractivity contribution in [1.29, 1.82) is 0 Å². The Hall–Kier alpha value is -3.85. The standard InChI is InChI=1S/C35H45F2N3O4/c1-21(2)12-13-30(40-20-26(14-15-39(7)8)24(5)17-31(40)41)35(43)38-29(19-32(42)44-37)28-18-27(16-25(6)34(28)36)33-22(3)10-9-11-23(33)4/h9-11,16-18,20-21,29-30H,12-15,19H2,1-8H3,(H,38,43)/t29-,30-/m0/s1. The Morgan fingerprint density at radius 1 is 0.977 bits per heavy atom. The molecule has 3 aromatic rings. The van der Waals surface area contributed by atoms with Crippen molar-refractivity contribution in [1.82, 2.24) is 14.8 Å². The SMILES string of the molecule is Cc1cc(=O)n([C@@H](CCC(C)C)C(=O)N[C@@H](CC(=O)OF)c2cc(-c3c(C)cccc3C)cc(C)c2F)cc1CCN(C)C. The summed E-state index contributed by atoms with van der Waals surface area (Å²) in [5.74, 6) is -2.19. The number of hydrogen-bond donors (Lipinski definition) is 1. The van der Waals surface area contributed by atoms with Crippen molar-refractivity contribution >= 4 is 11.9 Å². The van der Waals surface area contributed by atoms with Crippen molar-refractivity contribution < 1.29 is 23.4 Å². The van der Waals surface area contributed by atoms with E-state index in [2.05, 4.69) is 10.3 Å². The third-order valence-electron chi connectivity index (χ3n) is 8.08. The van der Waals surface area contributed by atoms with Gasteiger partial charge in [-0.05, 0) is 118 Å². The highest BCUT2D eigenvalue weighted by atomic mass is 19.3. The Kier molecular flexibility index (Phi) is 12.0. The first-order valence-corrected chi connectivity index (χ1v) is 15.1. The molecule has 0 unspecified atom stereocenters. The summed E-state index contributed by atoms with van der Waals surface area (Å²) in [4.78, 5) is 45.0. The van der Waals surface area contributed by atoms with Crippen molar-refractivity contribution in [3.05, 3.63) is 92.1 Å². The lowest BCUT2D eigenvalue weighted by Crippen LogP contribution is -2.40. The van der Waals surface area contributed by atoms with Crippen LogP contribution in [0.25, 0.3) is 11.1 Å². The number of aryl methyl sites for hydroxylation is 4. The number of nitrogens with one attached hydrogen (secondary N) is 1. The quantitative estimate of drug-likeness (QED) is 0.235. The Morgan fingerprint density at radius 2 is 1.64 bits per heavy atom. The first-order valence-electron chi connectivity index (χ1n) is 15.1. The summed E-state index contributed by atoms with van der Waals surface area (Å²) >= 11 is 0. The normalized spacial score (nSPS) is 12.8. The summed E-state index contributed by atoms with van der Waals surface area (Å²) in [5, 5.41) is 2.79. The number of pyridine rings is 1. The van der Waals surface area contributed by atoms with E-state index in [-0.39, 0.29) is 17.0 Å². The topological polar surface area (TPSA) is 80.6 Å². The van der Waals surface area contributed by atoms with Crippen molar-refractivity contribution in [2.75, 3.05) is 20.6 Å². The van der Waals surface area contributed by atoms with Crippen LogP contribution in [0.2, 0.25) is 0 Å². The molecule has 1 N–H and O–H groups in total. The van der Waals surface area contributed by atoms with Crippen LogP contribution in [0.15, 0.2) is 47.4 Å². The summed E-state index contributed by atoms with van der Waals surface area (Å²) in [6.07, 6.45) is 2.74. The Bertz CT molecular complexity index is 1530. The van der Waals surface area contributed by atoms with E-state index in [1.165, 1.54) is 10.6 Å². The number of amides is 1. The van der Waals surface area contributed by atoms with Gasteiger partial charge in [0.2, 0.25) is 5.91 Å². The number of hydrogen-bond acceptors (Lipinski definition) is 5. The van der Waals surface area contributed by atoms with E-state index in [1.54, 1.807) is 25.3 Å². The predicted octanol–water partition coefficient (Wildman–Crippen LogP) is 6.64. The van der Waals surface area contributed by atoms with E-state index in [4.69, 9.17) is 0 Å². The molecule has 0 saturated carbocycles. The second-order valence-electron chi connectivity index (χ2n) is 12.4. The van der Waals surface area contributed by atoms with Crippen molar-refractivity contribution in [2.24, 2.45) is 5.92 Å². The molecule has 0 saturated heterocycles. The van der Waals surface area contributed by atoms with Gasteiger partial charge in [-0.3, -0.25) is 14.5 Å². The zero-order valence-corrected chi connectivity index (χ0v) is 27.1. The molecule has 0 bridgehead atoms. The number of carbonyl (C=O) groups is 2. The van der Waals surface area contributed by atoms with Gasteiger partial charge >= 0.3 is 5.97 Å². The van der Waals surface area contributed by atoms with Gasteiger partial charge in [0.05, 0.1) is 12.5 Å². The number of halogens is 2. The molecule has 0 radical (unpaired) electrons. The molecule has 0 aliphatic rings. The van der Waals surface area contributed by atoms with Gasteiger partial charge in [0, 0.05) is 28.9 Å². The Labute approximate surface area is 259 Å². The fourth-order valence-corrected chi connectivity index (χ4v) is 5.59. The van der Waals surface area contributed by atoms with Crippen molar-refractivity contribution in [3.63, 3.8) is 0 Å². The molecule has 1 aromatic heterocycles. The maximum atomic E-state index is 15.8. The van der Waals surface area contributed by atoms with Crippen LogP contribution in [0.4, 0.5) is 8.92 Å². The van der Waals surface area contributed by atoms with E-state index in [9.17, 15) is 18.9 Å². The molecule has 9 heteroatoms. The lowest BCUT2D eigenvalue weighted by atomic mass is 9.90. The molecule has 0 fully saturated rings. The molecule has 44 heavy (non-hydrogen) atoms. The van der Waals surface area contributed by atoms with E-state index < -0.39 is 36.2 Å². The van der Waals surface area contributed by atoms with Crippen LogP contribution in [-0.4, -0.2) is 42.0 Å². The Morgan fingerprint density at radius 3 is 2.23 bits per heavy atom. The highest BCUT2D eigenvalue weighted by molar-refractivity contribution is 5.82. The molecule has 1 amide bonds. The second-order valence-corrected chi connectivity index (χ2v) is 12.4. The van der Waals surface area contributed by atoms with Crippen LogP contribution < -0.4 is 10.9 Å². The van der Waals surface area contributed by atoms with E-state index in [1.807, 2.05) is 71.8 Å². The minimum absolute atomic E-state index is 0.0342. The third kappa shape index (κ3) is 8.62. The van der Waals surface area contributed by atoms with E-state index in [0.717, 1.165) is 34.4 Å². The molecule has 0 aliphatic heterocycles. The molecule has 1 heterocycles. The number of likely N-dealkylation sites (N-methyl/N-ethyl adjacent to an activating group) is 1. The van der Waals surface area contributed by atoms with Gasteiger partial charge in [0.15, 0.2) is 0 Å². The summed E-state index contributed by atoms with van der Waals surface area (Å²) < 4.78 is 30.2. The third-order valence-corrected chi connectivity index (χ3v) is 8.08. The largest absolute Gasteiger partial charge is 0.351 e. The zero-order chi connectivity index (χ0) is 32.7. The average Bonchev–Trinajstić information content (AvgIpc) is 2.94. The van der Waals surface area contributed by atoms with Gasteiger partial charge in [-0.1, -0.05) is 32.0 Å². The summed E-state index contributed by atoms with van der Waals surface area (Å²) in [6.45, 7) is 12.2. The molecule has 238 valence electrons. The first-order chi connectivity index (χ1) is 20.7. The minimum atomic E-state index is -1.25. The molecule has 2 aromatic carbocycles. The first kappa shape index (κ1) is 34.6. The lowest BCUT2D eigenvalue weighted by Gasteiger charge is -2.26. The summed E-state index contributed by atoms with van der Waals surface area (Å²) in [6, 6.07) is 8.49. The van der Waals surface area contributed by atoms with Crippen LogP contribution in [0.5, 0.6) is 0 Å². The monoisotopic (exact) mass is 609 g/mol. The molecule has 7 nitrogen and oxygen atoms in total. The number of nitrogens with zero attached hydrogens (tertiary/aromatic N) is 2. The molecule has 2 atom stereocenters. The smallest absolute Gasteiger partial charge is 0.347 e. The van der Waals surface area contributed by atoms with Gasteiger partial charge in [0.1, 0.15) is 11.9 Å². The van der Waals surface area contributed by atoms with Crippen molar-refractivity contribution in [3.8, 4) is 11.1 Å². The number of aromatic nitrogens is 1. The van der Waals surface area contributed by atoms with Crippen LogP contribution >= 0.6 is 0 Å². The van der Waals surface area contributed by atoms with E-state index >= 15 is 4.39 Å². The maximum absolute atomic E-state index is 15.8. The van der Waals surface area contributed by atoms with Crippen LogP contribution in [-0.2, 0) is 21.0 Å². The molecular weight excluding hydrogens is 564 g/mol. The van der Waals surface area contributed by atoms with Gasteiger partial charge < -0.3 is 14.8 Å². The molecular formula is C35H45F2N3O4. The van der Waals surface area contributed by atoms with Crippen LogP contribution in [0, 0.1) is 39.4 Å². The Balaban J connectivity index is 2.11. The lowest BCUT2D eigenvalue weighted by molar-refractivity contribution is -0.184. The maximum Gasteiger partial charge on any atom is 0.351 e. The minimum Gasteiger partial charge on any atom is -0.347 e. The summed E-state index contributed by atoms with van der Waals surface area (Å²) in [7, 11) is 3.92. The van der Waals surface area contributed by atoms with Gasteiger partial charge in [-0.25, -0.2) is 9.18 Å². The van der Waals surface area contributed by atoms with E-state index in [0.29, 0.717) is 30.4 Å². The highest BCUT2D eigenvalue weighted by Crippen LogP contribution is 2.34.